The molecule has 0 bridgehead atoms. The highest BCUT2D eigenvalue weighted by molar-refractivity contribution is 7.22. The molecule has 0 spiro atoms. The van der Waals surface area contributed by atoms with Gasteiger partial charge in [-0.05, 0) is 37.6 Å². The van der Waals surface area contributed by atoms with Crippen LogP contribution in [0.1, 0.15) is 21.7 Å². The number of nitrogens with zero attached hydrogens (tertiary/aromatic N) is 3. The number of hydrogen-bond acceptors (Lipinski definition) is 5. The summed E-state index contributed by atoms with van der Waals surface area (Å²) in [5.41, 5.74) is 3.79. The monoisotopic (exact) mass is 352 g/mol. The number of pyridine rings is 1. The van der Waals surface area contributed by atoms with Crippen LogP contribution in [0.4, 0.5) is 5.13 Å². The molecule has 0 aliphatic carbocycles. The number of rotatable bonds is 3. The van der Waals surface area contributed by atoms with Crippen molar-refractivity contribution >= 4 is 38.2 Å². The smallest absolute Gasteiger partial charge is 0.276 e. The Morgan fingerprint density at radius 2 is 2.04 bits per heavy atom. The van der Waals surface area contributed by atoms with Gasteiger partial charge in [0, 0.05) is 6.20 Å². The fraction of sp³-hybridized carbons (Fsp3) is 0.167. The number of fused-ring (bicyclic) bond motifs is 2. The zero-order valence-electron chi connectivity index (χ0n) is 14.0. The van der Waals surface area contributed by atoms with Gasteiger partial charge in [0.1, 0.15) is 22.6 Å². The molecular weight excluding hydrogens is 336 g/mol. The fourth-order valence-corrected chi connectivity index (χ4v) is 3.82. The van der Waals surface area contributed by atoms with Gasteiger partial charge in [-0.25, -0.2) is 9.97 Å². The van der Waals surface area contributed by atoms with Gasteiger partial charge in [-0.1, -0.05) is 23.5 Å². The summed E-state index contributed by atoms with van der Waals surface area (Å²) in [5, 5.41) is 3.44. The predicted octanol–water partition coefficient (Wildman–Crippen LogP) is 3.82. The topological polar surface area (TPSA) is 68.5 Å². The summed E-state index contributed by atoms with van der Waals surface area (Å²) in [5.74, 6) is 0.468. The maximum Gasteiger partial charge on any atom is 0.276 e. The maximum absolute atomic E-state index is 12.8. The number of methoxy groups -OCH3 is 1. The molecule has 0 unspecified atom stereocenters. The van der Waals surface area contributed by atoms with Gasteiger partial charge >= 0.3 is 0 Å². The number of aromatic nitrogens is 3. The second-order valence-corrected chi connectivity index (χ2v) is 6.71. The molecule has 7 heteroatoms. The van der Waals surface area contributed by atoms with Crippen molar-refractivity contribution in [3.63, 3.8) is 0 Å². The molecule has 126 valence electrons. The van der Waals surface area contributed by atoms with E-state index < -0.39 is 0 Å². The van der Waals surface area contributed by atoms with Gasteiger partial charge in [-0.3, -0.25) is 14.5 Å². The minimum atomic E-state index is -0.230. The van der Waals surface area contributed by atoms with Crippen LogP contribution in [0.5, 0.6) is 5.75 Å². The number of nitrogens with one attached hydrogen (secondary N) is 1. The molecule has 1 aromatic carbocycles. The van der Waals surface area contributed by atoms with E-state index in [1.54, 1.807) is 11.5 Å². The van der Waals surface area contributed by atoms with Gasteiger partial charge in [-0.15, -0.1) is 0 Å². The molecule has 0 radical (unpaired) electrons. The Kier molecular flexibility index (Phi) is 3.65. The van der Waals surface area contributed by atoms with E-state index in [4.69, 9.17) is 4.74 Å². The van der Waals surface area contributed by atoms with Gasteiger partial charge in [0.2, 0.25) is 0 Å². The normalized spacial score (nSPS) is 11.2. The van der Waals surface area contributed by atoms with E-state index in [-0.39, 0.29) is 5.91 Å². The van der Waals surface area contributed by atoms with Crippen LogP contribution in [0.2, 0.25) is 0 Å². The lowest BCUT2D eigenvalue weighted by atomic mass is 10.2. The number of ether oxygens (including phenoxy) is 1. The summed E-state index contributed by atoms with van der Waals surface area (Å²) < 4.78 is 8.15. The summed E-state index contributed by atoms with van der Waals surface area (Å²) in [7, 11) is 1.61. The number of aryl methyl sites for hydroxylation is 2. The first-order valence-electron chi connectivity index (χ1n) is 7.77. The van der Waals surface area contributed by atoms with Crippen LogP contribution in [0.25, 0.3) is 15.9 Å². The summed E-state index contributed by atoms with van der Waals surface area (Å²) in [6, 6.07) is 9.51. The highest BCUT2D eigenvalue weighted by Crippen LogP contribution is 2.34. The third-order valence-corrected chi connectivity index (χ3v) is 5.17. The third-order valence-electron chi connectivity index (χ3n) is 4.06. The number of hydrogen-bond donors (Lipinski definition) is 1. The van der Waals surface area contributed by atoms with E-state index in [0.717, 1.165) is 21.4 Å². The van der Waals surface area contributed by atoms with Crippen LogP contribution in [0.15, 0.2) is 36.5 Å². The summed E-state index contributed by atoms with van der Waals surface area (Å²) in [6.45, 7) is 3.84. The number of imidazole rings is 1. The van der Waals surface area contributed by atoms with Crippen molar-refractivity contribution in [3.05, 3.63) is 53.5 Å². The predicted molar refractivity (Wildman–Crippen MR) is 98.8 cm³/mol. The van der Waals surface area contributed by atoms with Gasteiger partial charge in [0.05, 0.1) is 17.5 Å². The first-order chi connectivity index (χ1) is 12.1. The third kappa shape index (κ3) is 2.53. The van der Waals surface area contributed by atoms with Crippen LogP contribution in [0.3, 0.4) is 0 Å². The Hall–Kier alpha value is -2.93. The van der Waals surface area contributed by atoms with Crippen molar-refractivity contribution in [3.8, 4) is 5.75 Å². The van der Waals surface area contributed by atoms with Crippen LogP contribution in [0, 0.1) is 13.8 Å². The quantitative estimate of drug-likeness (QED) is 0.608. The van der Waals surface area contributed by atoms with Gasteiger partial charge in [0.15, 0.2) is 5.13 Å². The molecule has 0 aliphatic heterocycles. The molecule has 4 aromatic rings. The Morgan fingerprint density at radius 1 is 1.20 bits per heavy atom. The lowest BCUT2D eigenvalue weighted by molar-refractivity contribution is 0.102. The number of benzene rings is 1. The molecule has 0 saturated heterocycles. The second-order valence-electron chi connectivity index (χ2n) is 5.71. The lowest BCUT2D eigenvalue weighted by Gasteiger charge is -2.02. The Morgan fingerprint density at radius 3 is 2.84 bits per heavy atom. The fourth-order valence-electron chi connectivity index (χ4n) is 2.87. The first-order valence-corrected chi connectivity index (χ1v) is 8.59. The lowest BCUT2D eigenvalue weighted by Crippen LogP contribution is -2.15. The molecule has 0 aliphatic rings. The van der Waals surface area contributed by atoms with Crippen molar-refractivity contribution < 1.29 is 9.53 Å². The van der Waals surface area contributed by atoms with Crippen molar-refractivity contribution in [2.24, 2.45) is 0 Å². The van der Waals surface area contributed by atoms with E-state index in [0.29, 0.717) is 22.3 Å². The molecule has 3 heterocycles. The van der Waals surface area contributed by atoms with Gasteiger partial charge in [-0.2, -0.15) is 0 Å². The maximum atomic E-state index is 12.8. The minimum absolute atomic E-state index is 0.230. The van der Waals surface area contributed by atoms with Gasteiger partial charge in [0.25, 0.3) is 5.91 Å². The number of thiazole rings is 1. The zero-order chi connectivity index (χ0) is 17.6. The molecule has 1 N–H and O–H groups in total. The first kappa shape index (κ1) is 15.6. The Labute approximate surface area is 148 Å². The van der Waals surface area contributed by atoms with Crippen molar-refractivity contribution in [2.75, 3.05) is 12.4 Å². The van der Waals surface area contributed by atoms with Crippen LogP contribution in [-0.2, 0) is 0 Å². The van der Waals surface area contributed by atoms with Crippen molar-refractivity contribution in [2.45, 2.75) is 13.8 Å². The van der Waals surface area contributed by atoms with E-state index in [9.17, 15) is 4.79 Å². The number of amides is 1. The van der Waals surface area contributed by atoms with Crippen LogP contribution >= 0.6 is 11.3 Å². The van der Waals surface area contributed by atoms with E-state index in [2.05, 4.69) is 15.3 Å². The number of carbonyl (C=O) groups excluding carboxylic acids is 1. The summed E-state index contributed by atoms with van der Waals surface area (Å²) >= 11 is 1.44. The molecule has 0 atom stereocenters. The van der Waals surface area contributed by atoms with Crippen molar-refractivity contribution in [1.82, 2.24) is 14.4 Å². The van der Waals surface area contributed by atoms with Crippen LogP contribution < -0.4 is 10.1 Å². The largest absolute Gasteiger partial charge is 0.494 e. The Bertz CT molecular complexity index is 1110. The zero-order valence-corrected chi connectivity index (χ0v) is 14.8. The molecule has 6 nitrogen and oxygen atoms in total. The molecule has 1 amide bonds. The molecular formula is C18H16N4O2S. The Balaban J connectivity index is 1.74. The minimum Gasteiger partial charge on any atom is -0.494 e. The number of anilines is 1. The van der Waals surface area contributed by atoms with E-state index in [1.807, 2.05) is 50.4 Å². The summed E-state index contributed by atoms with van der Waals surface area (Å²) in [6.07, 6.45) is 1.83. The second kappa shape index (κ2) is 5.86. The van der Waals surface area contributed by atoms with E-state index in [1.165, 1.54) is 11.3 Å². The highest BCUT2D eigenvalue weighted by atomic mass is 32.1. The molecule has 0 saturated carbocycles. The SMILES string of the molecule is COc1ccc(C)c2sc(NC(=O)c3c(C)nc4ccccn34)nc12. The average molecular weight is 352 g/mol. The van der Waals surface area contributed by atoms with Gasteiger partial charge < -0.3 is 4.74 Å². The molecule has 25 heavy (non-hydrogen) atoms. The molecule has 4 rings (SSSR count). The van der Waals surface area contributed by atoms with E-state index >= 15 is 0 Å². The highest BCUT2D eigenvalue weighted by Gasteiger charge is 2.19. The number of carbonyl (C=O) groups is 1. The molecule has 3 aromatic heterocycles. The summed E-state index contributed by atoms with van der Waals surface area (Å²) in [4.78, 5) is 21.8. The molecule has 0 fully saturated rings. The average Bonchev–Trinajstić information content (AvgIpc) is 3.15. The van der Waals surface area contributed by atoms with Crippen LogP contribution in [-0.4, -0.2) is 27.4 Å². The standard InChI is InChI=1S/C18H16N4O2S/c1-10-7-8-12(24-3)14-16(10)25-18(20-14)21-17(23)15-11(2)19-13-6-4-5-9-22(13)15/h4-9H,1-3H3,(H,20,21,23). The van der Waals surface area contributed by atoms with Crippen molar-refractivity contribution in [1.29, 1.82) is 0 Å².